The number of benzene rings is 1. The van der Waals surface area contributed by atoms with Crippen LogP contribution in [0.2, 0.25) is 0 Å². The number of carbonyl (C=O) groups is 4. The van der Waals surface area contributed by atoms with Gasteiger partial charge in [-0.15, -0.1) is 0 Å². The maximum absolute atomic E-state index is 10.6. The highest BCUT2D eigenvalue weighted by molar-refractivity contribution is 6.16. The van der Waals surface area contributed by atoms with Gasteiger partial charge in [0.05, 0.1) is 11.6 Å². The van der Waals surface area contributed by atoms with Gasteiger partial charge in [-0.1, -0.05) is 12.1 Å². The molecule has 0 saturated carbocycles. The topological polar surface area (TPSA) is 173 Å². The fraction of sp³-hybridized carbons (Fsp3) is 0.0714. The van der Waals surface area contributed by atoms with Gasteiger partial charge in [0, 0.05) is 0 Å². The molecule has 120 valence electrons. The molecule has 0 unspecified atom stereocenters. The van der Waals surface area contributed by atoms with E-state index in [1.807, 2.05) is 6.07 Å². The number of carboxylic acids is 4. The van der Waals surface area contributed by atoms with Crippen molar-refractivity contribution in [3.05, 3.63) is 41.0 Å². The lowest BCUT2D eigenvalue weighted by Crippen LogP contribution is -2.10. The summed E-state index contributed by atoms with van der Waals surface area (Å²) in [6, 6.07) is 7.81. The van der Waals surface area contributed by atoms with Gasteiger partial charge in [0.15, 0.2) is 0 Å². The first-order chi connectivity index (χ1) is 10.7. The van der Waals surface area contributed by atoms with Crippen molar-refractivity contribution in [1.29, 1.82) is 5.26 Å². The first-order valence-corrected chi connectivity index (χ1v) is 5.79. The van der Waals surface area contributed by atoms with E-state index in [1.54, 1.807) is 0 Å². The quantitative estimate of drug-likeness (QED) is 0.345. The number of rotatable bonds is 5. The fourth-order valence-corrected chi connectivity index (χ4v) is 1.16. The van der Waals surface area contributed by atoms with Crippen LogP contribution in [0.15, 0.2) is 29.8 Å². The van der Waals surface area contributed by atoms with Gasteiger partial charge in [0.1, 0.15) is 12.0 Å². The van der Waals surface area contributed by atoms with Crippen LogP contribution < -0.4 is 0 Å². The molecule has 0 aliphatic rings. The predicted molar refractivity (Wildman–Crippen MR) is 74.3 cm³/mol. The van der Waals surface area contributed by atoms with E-state index >= 15 is 0 Å². The molecule has 0 aliphatic heterocycles. The van der Waals surface area contributed by atoms with Gasteiger partial charge in [-0.3, -0.25) is 9.59 Å². The molecule has 0 bridgehead atoms. The Bertz CT molecular complexity index is 654. The molecular formula is C14H11NO8. The molecule has 1 rings (SSSR count). The first-order valence-electron chi connectivity index (χ1n) is 5.79. The third kappa shape index (κ3) is 8.26. The van der Waals surface area contributed by atoms with E-state index in [0.29, 0.717) is 11.1 Å². The van der Waals surface area contributed by atoms with Gasteiger partial charge in [-0.25, -0.2) is 9.59 Å². The lowest BCUT2D eigenvalue weighted by atomic mass is 10.1. The molecule has 0 saturated heterocycles. The zero-order chi connectivity index (χ0) is 18.0. The van der Waals surface area contributed by atoms with Crippen molar-refractivity contribution in [3.63, 3.8) is 0 Å². The fourth-order valence-electron chi connectivity index (χ4n) is 1.16. The molecule has 0 fully saturated rings. The van der Waals surface area contributed by atoms with Crippen LogP contribution in [0.25, 0.3) is 6.08 Å². The molecule has 0 spiro atoms. The largest absolute Gasteiger partial charge is 0.481 e. The van der Waals surface area contributed by atoms with E-state index < -0.39 is 35.9 Å². The maximum Gasteiger partial charge on any atom is 0.343 e. The summed E-state index contributed by atoms with van der Waals surface area (Å²) in [6.07, 6.45) is 0.228. The molecule has 0 aromatic heterocycles. The average molecular weight is 321 g/mol. The molecule has 0 atom stereocenters. The summed E-state index contributed by atoms with van der Waals surface area (Å²) < 4.78 is 0. The number of carboxylic acid groups (broad SMARTS) is 4. The number of aliphatic carboxylic acids is 4. The number of nitrogens with zero attached hydrogens (tertiary/aromatic N) is 1. The maximum atomic E-state index is 10.6. The second-order valence-electron chi connectivity index (χ2n) is 3.87. The Hall–Kier alpha value is -3.67. The summed E-state index contributed by atoms with van der Waals surface area (Å²) in [7, 11) is 0. The summed E-state index contributed by atoms with van der Waals surface area (Å²) >= 11 is 0. The van der Waals surface area contributed by atoms with Crippen LogP contribution in [0.5, 0.6) is 0 Å². The lowest BCUT2D eigenvalue weighted by molar-refractivity contribution is -0.147. The second-order valence-corrected chi connectivity index (χ2v) is 3.87. The second kappa shape index (κ2) is 9.30. The van der Waals surface area contributed by atoms with Crippen LogP contribution in [-0.4, -0.2) is 44.3 Å². The molecule has 0 amide bonds. The van der Waals surface area contributed by atoms with Gasteiger partial charge in [0.2, 0.25) is 0 Å². The molecule has 23 heavy (non-hydrogen) atoms. The highest BCUT2D eigenvalue weighted by Gasteiger charge is 2.15. The van der Waals surface area contributed by atoms with Crippen LogP contribution in [0.1, 0.15) is 17.5 Å². The zero-order valence-corrected chi connectivity index (χ0v) is 11.5. The standard InChI is InChI=1S/C11H7NO4.C3H4O4/c12-6-8-3-1-7(2-4-8)5-9(10(13)14)11(15)16;4-2(5)1-3(6)7/h1-5H,(H,13,14)(H,15,16);1H2,(H,4,5)(H,6,7). The van der Waals surface area contributed by atoms with E-state index in [-0.39, 0.29) is 0 Å². The molecule has 0 radical (unpaired) electrons. The van der Waals surface area contributed by atoms with Crippen LogP contribution in [0.4, 0.5) is 0 Å². The molecule has 9 nitrogen and oxygen atoms in total. The van der Waals surface area contributed by atoms with Crippen molar-refractivity contribution in [2.75, 3.05) is 0 Å². The smallest absolute Gasteiger partial charge is 0.343 e. The average Bonchev–Trinajstić information content (AvgIpc) is 2.43. The summed E-state index contributed by atoms with van der Waals surface area (Å²) in [5.41, 5.74) is 0.118. The van der Waals surface area contributed by atoms with E-state index in [9.17, 15) is 19.2 Å². The van der Waals surface area contributed by atoms with Crippen molar-refractivity contribution in [2.45, 2.75) is 6.42 Å². The molecule has 9 heteroatoms. The third-order valence-electron chi connectivity index (χ3n) is 2.11. The van der Waals surface area contributed by atoms with Gasteiger partial charge in [-0.2, -0.15) is 5.26 Å². The van der Waals surface area contributed by atoms with Crippen molar-refractivity contribution in [2.24, 2.45) is 0 Å². The highest BCUT2D eigenvalue weighted by atomic mass is 16.4. The van der Waals surface area contributed by atoms with Gasteiger partial charge < -0.3 is 20.4 Å². The van der Waals surface area contributed by atoms with Gasteiger partial charge in [-0.05, 0) is 23.8 Å². The van der Waals surface area contributed by atoms with E-state index in [1.165, 1.54) is 24.3 Å². The summed E-state index contributed by atoms with van der Waals surface area (Å²) in [5, 5.41) is 41.1. The number of hydrogen-bond acceptors (Lipinski definition) is 5. The molecule has 1 aromatic carbocycles. The Morgan fingerprint density at radius 3 is 1.61 bits per heavy atom. The minimum Gasteiger partial charge on any atom is -0.481 e. The predicted octanol–water partition coefficient (Wildman–Crippen LogP) is 0.657. The van der Waals surface area contributed by atoms with Crippen molar-refractivity contribution < 1.29 is 39.6 Å². The summed E-state index contributed by atoms with van der Waals surface area (Å²) in [4.78, 5) is 40.0. The number of nitriles is 1. The molecule has 1 aromatic rings. The van der Waals surface area contributed by atoms with Crippen molar-refractivity contribution in [1.82, 2.24) is 0 Å². The Morgan fingerprint density at radius 1 is 0.913 bits per heavy atom. The Kier molecular flexibility index (Phi) is 7.82. The monoisotopic (exact) mass is 321 g/mol. The zero-order valence-electron chi connectivity index (χ0n) is 11.5. The highest BCUT2D eigenvalue weighted by Crippen LogP contribution is 2.09. The van der Waals surface area contributed by atoms with Crippen molar-refractivity contribution >= 4 is 30.0 Å². The van der Waals surface area contributed by atoms with Crippen LogP contribution in [-0.2, 0) is 19.2 Å². The number of hydrogen-bond donors (Lipinski definition) is 4. The molecule has 0 heterocycles. The van der Waals surface area contributed by atoms with Crippen LogP contribution in [0, 0.1) is 11.3 Å². The Balaban J connectivity index is 0.000000585. The lowest BCUT2D eigenvalue weighted by Gasteiger charge is -1.96. The molecule has 4 N–H and O–H groups in total. The summed E-state index contributed by atoms with van der Waals surface area (Å²) in [6.45, 7) is 0. The Labute approximate surface area is 129 Å². The van der Waals surface area contributed by atoms with Gasteiger partial charge in [0.25, 0.3) is 0 Å². The van der Waals surface area contributed by atoms with Crippen LogP contribution in [0.3, 0.4) is 0 Å². The van der Waals surface area contributed by atoms with Crippen LogP contribution >= 0.6 is 0 Å². The third-order valence-corrected chi connectivity index (χ3v) is 2.11. The minimum atomic E-state index is -1.50. The van der Waals surface area contributed by atoms with Crippen molar-refractivity contribution in [3.8, 4) is 6.07 Å². The molecular weight excluding hydrogens is 310 g/mol. The normalized spacial score (nSPS) is 8.65. The Morgan fingerprint density at radius 2 is 1.35 bits per heavy atom. The van der Waals surface area contributed by atoms with E-state index in [2.05, 4.69) is 0 Å². The first kappa shape index (κ1) is 19.3. The minimum absolute atomic E-state index is 0.416. The SMILES string of the molecule is N#Cc1ccc(C=C(C(=O)O)C(=O)O)cc1.O=C(O)CC(=O)O. The van der Waals surface area contributed by atoms with E-state index in [4.69, 9.17) is 25.7 Å². The van der Waals surface area contributed by atoms with E-state index in [0.717, 1.165) is 6.08 Å². The van der Waals surface area contributed by atoms with Gasteiger partial charge >= 0.3 is 23.9 Å². The molecule has 0 aliphatic carbocycles. The summed E-state index contributed by atoms with van der Waals surface area (Å²) in [5.74, 6) is -5.63.